The fourth-order valence-electron chi connectivity index (χ4n) is 1.38. The molecule has 1 aliphatic rings. The molecule has 1 fully saturated rings. The smallest absolute Gasteiger partial charge is 0.169 e. The Labute approximate surface area is 99.8 Å². The summed E-state index contributed by atoms with van der Waals surface area (Å²) in [5.74, 6) is -0.415. The average molecular weight is 273 g/mol. The van der Waals surface area contributed by atoms with E-state index in [-0.39, 0.29) is 0 Å². The van der Waals surface area contributed by atoms with Gasteiger partial charge in [0.25, 0.3) is 0 Å². The van der Waals surface area contributed by atoms with E-state index in [1.165, 1.54) is 5.57 Å². The first kappa shape index (κ1) is 12.7. The minimum Gasteiger partial charge on any atom is -0.348 e. The molecule has 0 spiro atoms. The Bertz CT molecular complexity index is 273. The van der Waals surface area contributed by atoms with Crippen molar-refractivity contribution in [2.24, 2.45) is 0 Å². The van der Waals surface area contributed by atoms with Crippen LogP contribution in [0, 0.1) is 0 Å². The van der Waals surface area contributed by atoms with Crippen LogP contribution in [-0.2, 0) is 9.47 Å². The fraction of sp³-hybridized carbons (Fsp3) is 0.500. The highest BCUT2D eigenvalue weighted by atomic mass is 79.9. The second-order valence-corrected chi connectivity index (χ2v) is 4.20. The van der Waals surface area contributed by atoms with Gasteiger partial charge in [-0.2, -0.15) is 0 Å². The summed E-state index contributed by atoms with van der Waals surface area (Å²) in [5.41, 5.74) is 1.20. The van der Waals surface area contributed by atoms with Gasteiger partial charge in [0, 0.05) is 6.42 Å². The molecule has 0 unspecified atom stereocenters. The molecule has 0 amide bonds. The molecule has 15 heavy (non-hydrogen) atoms. The summed E-state index contributed by atoms with van der Waals surface area (Å²) < 4.78 is 11.0. The third-order valence-corrected chi connectivity index (χ3v) is 2.50. The molecule has 0 N–H and O–H groups in total. The second kappa shape index (κ2) is 6.26. The molecule has 1 heterocycles. The van der Waals surface area contributed by atoms with E-state index in [1.807, 2.05) is 24.1 Å². The molecule has 1 rings (SSSR count). The zero-order valence-electron chi connectivity index (χ0n) is 9.20. The van der Waals surface area contributed by atoms with Crippen molar-refractivity contribution >= 4 is 15.9 Å². The van der Waals surface area contributed by atoms with Gasteiger partial charge in [-0.25, -0.2) is 0 Å². The van der Waals surface area contributed by atoms with Crippen LogP contribution >= 0.6 is 15.9 Å². The van der Waals surface area contributed by atoms with Crippen LogP contribution in [0.25, 0.3) is 0 Å². The highest BCUT2D eigenvalue weighted by Crippen LogP contribution is 2.22. The lowest BCUT2D eigenvalue weighted by Crippen LogP contribution is -2.24. The lowest BCUT2D eigenvalue weighted by molar-refractivity contribution is -0.138. The third kappa shape index (κ3) is 4.78. The molecular weight excluding hydrogens is 256 g/mol. The lowest BCUT2D eigenvalue weighted by atomic mass is 10.2. The molecule has 0 aromatic carbocycles. The van der Waals surface area contributed by atoms with Gasteiger partial charge in [-0.05, 0) is 18.8 Å². The van der Waals surface area contributed by atoms with Crippen LogP contribution < -0.4 is 0 Å². The van der Waals surface area contributed by atoms with Gasteiger partial charge in [-0.1, -0.05) is 45.8 Å². The molecule has 0 bridgehead atoms. The number of ether oxygens (including phenoxy) is 2. The Kier molecular flexibility index (Phi) is 5.29. The minimum absolute atomic E-state index is 0.415. The van der Waals surface area contributed by atoms with Gasteiger partial charge >= 0.3 is 0 Å². The SMILES string of the molecule is CC(C=CCC1(C)OCCO1)=CC=CBr. The lowest BCUT2D eigenvalue weighted by Gasteiger charge is -2.19. The van der Waals surface area contributed by atoms with Crippen molar-refractivity contribution in [2.45, 2.75) is 26.1 Å². The average Bonchev–Trinajstić information content (AvgIpc) is 2.62. The predicted octanol–water partition coefficient (Wildman–Crippen LogP) is 3.55. The van der Waals surface area contributed by atoms with E-state index in [4.69, 9.17) is 9.47 Å². The summed E-state index contributed by atoms with van der Waals surface area (Å²) in [6.45, 7) is 5.43. The quantitative estimate of drug-likeness (QED) is 0.729. The van der Waals surface area contributed by atoms with Crippen LogP contribution in [0.15, 0.2) is 34.9 Å². The normalized spacial score (nSPS) is 21.9. The van der Waals surface area contributed by atoms with Gasteiger partial charge in [-0.3, -0.25) is 0 Å². The maximum Gasteiger partial charge on any atom is 0.169 e. The number of hydrogen-bond acceptors (Lipinski definition) is 2. The number of hydrogen-bond donors (Lipinski definition) is 0. The van der Waals surface area contributed by atoms with E-state index in [0.717, 1.165) is 6.42 Å². The molecule has 0 aliphatic carbocycles. The van der Waals surface area contributed by atoms with E-state index >= 15 is 0 Å². The maximum atomic E-state index is 5.49. The van der Waals surface area contributed by atoms with Crippen molar-refractivity contribution in [3.8, 4) is 0 Å². The predicted molar refractivity (Wildman–Crippen MR) is 65.9 cm³/mol. The second-order valence-electron chi connectivity index (χ2n) is 3.67. The van der Waals surface area contributed by atoms with Crippen LogP contribution in [0.2, 0.25) is 0 Å². The van der Waals surface area contributed by atoms with Gasteiger partial charge in [0.2, 0.25) is 0 Å². The summed E-state index contributed by atoms with van der Waals surface area (Å²) in [5, 5.41) is 0. The van der Waals surface area contributed by atoms with Gasteiger partial charge in [0.1, 0.15) is 0 Å². The van der Waals surface area contributed by atoms with Crippen molar-refractivity contribution in [3.05, 3.63) is 34.9 Å². The van der Waals surface area contributed by atoms with Crippen LogP contribution in [0.4, 0.5) is 0 Å². The van der Waals surface area contributed by atoms with Crippen molar-refractivity contribution in [1.82, 2.24) is 0 Å². The van der Waals surface area contributed by atoms with Crippen molar-refractivity contribution < 1.29 is 9.47 Å². The molecule has 1 aliphatic heterocycles. The molecule has 84 valence electrons. The summed E-state index contributed by atoms with van der Waals surface area (Å²) in [4.78, 5) is 1.83. The van der Waals surface area contributed by atoms with Crippen LogP contribution in [0.1, 0.15) is 20.3 Å². The highest BCUT2D eigenvalue weighted by Gasteiger charge is 2.28. The highest BCUT2D eigenvalue weighted by molar-refractivity contribution is 9.11. The van der Waals surface area contributed by atoms with Crippen molar-refractivity contribution in [2.75, 3.05) is 13.2 Å². The molecule has 0 saturated carbocycles. The summed E-state index contributed by atoms with van der Waals surface area (Å²) in [6.07, 6.45) is 8.92. The Hall–Kier alpha value is -0.380. The summed E-state index contributed by atoms with van der Waals surface area (Å²) >= 11 is 3.22. The number of rotatable bonds is 4. The zero-order valence-corrected chi connectivity index (χ0v) is 10.8. The summed E-state index contributed by atoms with van der Waals surface area (Å²) in [7, 11) is 0. The standard InChI is InChI=1S/C12H17BrO2/c1-11(6-4-8-13)5-3-7-12(2)14-9-10-15-12/h3-6,8H,7,9-10H2,1-2H3. The van der Waals surface area contributed by atoms with Crippen LogP contribution in [0.5, 0.6) is 0 Å². The van der Waals surface area contributed by atoms with E-state index in [2.05, 4.69) is 35.0 Å². The first-order chi connectivity index (χ1) is 7.16. The zero-order chi connectivity index (χ0) is 11.1. The Morgan fingerprint density at radius 2 is 2.07 bits per heavy atom. The Morgan fingerprint density at radius 3 is 2.67 bits per heavy atom. The first-order valence-corrected chi connectivity index (χ1v) is 5.96. The van der Waals surface area contributed by atoms with E-state index < -0.39 is 5.79 Å². The summed E-state index contributed by atoms with van der Waals surface area (Å²) in [6, 6.07) is 0. The van der Waals surface area contributed by atoms with Crippen LogP contribution in [-0.4, -0.2) is 19.0 Å². The van der Waals surface area contributed by atoms with Gasteiger partial charge in [0.05, 0.1) is 13.2 Å². The van der Waals surface area contributed by atoms with E-state index in [1.54, 1.807) is 0 Å². The molecule has 0 atom stereocenters. The van der Waals surface area contributed by atoms with E-state index in [0.29, 0.717) is 13.2 Å². The molecule has 3 heteroatoms. The van der Waals surface area contributed by atoms with Gasteiger partial charge in [0.15, 0.2) is 5.79 Å². The molecular formula is C12H17BrO2. The minimum atomic E-state index is -0.415. The Morgan fingerprint density at radius 1 is 1.40 bits per heavy atom. The van der Waals surface area contributed by atoms with Crippen molar-refractivity contribution in [3.63, 3.8) is 0 Å². The topological polar surface area (TPSA) is 18.5 Å². The molecule has 0 radical (unpaired) electrons. The Balaban J connectivity index is 2.38. The first-order valence-electron chi connectivity index (χ1n) is 5.04. The van der Waals surface area contributed by atoms with Gasteiger partial charge in [-0.15, -0.1) is 0 Å². The third-order valence-electron chi connectivity index (χ3n) is 2.20. The number of halogens is 1. The monoisotopic (exact) mass is 272 g/mol. The van der Waals surface area contributed by atoms with Crippen LogP contribution in [0.3, 0.4) is 0 Å². The van der Waals surface area contributed by atoms with Crippen molar-refractivity contribution in [1.29, 1.82) is 0 Å². The maximum absolute atomic E-state index is 5.49. The van der Waals surface area contributed by atoms with Gasteiger partial charge < -0.3 is 9.47 Å². The molecule has 1 saturated heterocycles. The molecule has 0 aromatic heterocycles. The molecule has 0 aromatic rings. The molecule has 2 nitrogen and oxygen atoms in total. The van der Waals surface area contributed by atoms with E-state index in [9.17, 15) is 0 Å². The largest absolute Gasteiger partial charge is 0.348 e. The fourth-order valence-corrected chi connectivity index (χ4v) is 1.53. The number of allylic oxidation sites excluding steroid dienone is 4.